The first-order valence-electron chi connectivity index (χ1n) is 6.18. The van der Waals surface area contributed by atoms with Crippen LogP contribution in [0.2, 0.25) is 0 Å². The summed E-state index contributed by atoms with van der Waals surface area (Å²) in [6.45, 7) is 0. The number of para-hydroxylation sites is 1. The predicted octanol–water partition coefficient (Wildman–Crippen LogP) is 3.37. The molecule has 3 aromatic rings. The van der Waals surface area contributed by atoms with Gasteiger partial charge in [0.2, 0.25) is 0 Å². The molecule has 0 bridgehead atoms. The highest BCUT2D eigenvalue weighted by atomic mass is 16.5. The highest BCUT2D eigenvalue weighted by molar-refractivity contribution is 5.78. The van der Waals surface area contributed by atoms with Crippen LogP contribution in [0.1, 0.15) is 17.5 Å². The minimum atomic E-state index is -0.231. The molecule has 19 heavy (non-hydrogen) atoms. The number of fused-ring (bicyclic) bond motifs is 1. The van der Waals surface area contributed by atoms with E-state index in [1.165, 1.54) is 0 Å². The number of aromatic nitrogens is 2. The molecule has 0 saturated heterocycles. The molecule has 3 heteroatoms. The first kappa shape index (κ1) is 11.8. The number of hydrogen-bond donors (Lipinski definition) is 0. The van der Waals surface area contributed by atoms with Crippen LogP contribution >= 0.6 is 0 Å². The molecule has 2 heterocycles. The van der Waals surface area contributed by atoms with E-state index in [4.69, 9.17) is 4.74 Å². The Morgan fingerprint density at radius 2 is 1.74 bits per heavy atom. The monoisotopic (exact) mass is 250 g/mol. The van der Waals surface area contributed by atoms with Crippen LogP contribution in [0.25, 0.3) is 10.9 Å². The van der Waals surface area contributed by atoms with Gasteiger partial charge in [0, 0.05) is 18.7 Å². The molecule has 0 aliphatic heterocycles. The van der Waals surface area contributed by atoms with Gasteiger partial charge in [-0.3, -0.25) is 4.98 Å². The Bertz CT molecular complexity index is 682. The molecule has 2 aromatic heterocycles. The summed E-state index contributed by atoms with van der Waals surface area (Å²) in [5.74, 6) is 0. The molecular weight excluding hydrogens is 236 g/mol. The minimum absolute atomic E-state index is 0.231. The molecule has 1 aromatic carbocycles. The normalized spacial score (nSPS) is 12.5. The molecule has 0 radical (unpaired) electrons. The van der Waals surface area contributed by atoms with Crippen LogP contribution in [-0.4, -0.2) is 17.1 Å². The Balaban J connectivity index is 2.06. The summed E-state index contributed by atoms with van der Waals surface area (Å²) in [7, 11) is 1.68. The van der Waals surface area contributed by atoms with Crippen LogP contribution in [0.5, 0.6) is 0 Å². The maximum absolute atomic E-state index is 5.55. The maximum atomic E-state index is 5.55. The lowest BCUT2D eigenvalue weighted by atomic mass is 10.1. The van der Waals surface area contributed by atoms with E-state index in [2.05, 4.69) is 22.1 Å². The summed E-state index contributed by atoms with van der Waals surface area (Å²) in [5.41, 5.74) is 2.71. The molecule has 0 aliphatic carbocycles. The highest BCUT2D eigenvalue weighted by Crippen LogP contribution is 2.23. The highest BCUT2D eigenvalue weighted by Gasteiger charge is 2.15. The molecule has 0 amide bonds. The van der Waals surface area contributed by atoms with E-state index in [0.29, 0.717) is 0 Å². The van der Waals surface area contributed by atoms with Crippen molar-refractivity contribution in [2.24, 2.45) is 0 Å². The van der Waals surface area contributed by atoms with E-state index in [9.17, 15) is 0 Å². The topological polar surface area (TPSA) is 35.0 Å². The predicted molar refractivity (Wildman–Crippen MR) is 74.8 cm³/mol. The van der Waals surface area contributed by atoms with Gasteiger partial charge in [0.25, 0.3) is 0 Å². The molecular formula is C16H14N2O. The van der Waals surface area contributed by atoms with Crippen molar-refractivity contribution in [1.29, 1.82) is 0 Å². The van der Waals surface area contributed by atoms with Crippen molar-refractivity contribution in [3.05, 3.63) is 72.2 Å². The standard InChI is InChI=1S/C16H14N2O/c1-19-16(14-8-4-5-11-17-14)15-10-9-12-6-2-3-7-13(12)18-15/h2-11,16H,1H3. The average molecular weight is 250 g/mol. The number of nitrogens with zero attached hydrogens (tertiary/aromatic N) is 2. The lowest BCUT2D eigenvalue weighted by molar-refractivity contribution is 0.129. The third-order valence-electron chi connectivity index (χ3n) is 3.08. The number of hydrogen-bond acceptors (Lipinski definition) is 3. The fourth-order valence-electron chi connectivity index (χ4n) is 2.15. The summed E-state index contributed by atoms with van der Waals surface area (Å²) in [6, 6.07) is 17.9. The summed E-state index contributed by atoms with van der Waals surface area (Å²) < 4.78 is 5.55. The molecule has 94 valence electrons. The number of methoxy groups -OCH3 is 1. The van der Waals surface area contributed by atoms with Crippen molar-refractivity contribution >= 4 is 10.9 Å². The smallest absolute Gasteiger partial charge is 0.141 e. The largest absolute Gasteiger partial charge is 0.369 e. The first-order chi connectivity index (χ1) is 9.38. The molecule has 0 saturated carbocycles. The molecule has 0 fully saturated rings. The summed E-state index contributed by atoms with van der Waals surface area (Å²) in [5, 5.41) is 1.13. The number of benzene rings is 1. The van der Waals surface area contributed by atoms with E-state index >= 15 is 0 Å². The first-order valence-corrected chi connectivity index (χ1v) is 6.18. The van der Waals surface area contributed by atoms with Crippen LogP contribution in [0.15, 0.2) is 60.8 Å². The van der Waals surface area contributed by atoms with Crippen molar-refractivity contribution < 1.29 is 4.74 Å². The van der Waals surface area contributed by atoms with Crippen molar-refractivity contribution in [2.75, 3.05) is 7.11 Å². The van der Waals surface area contributed by atoms with Crippen LogP contribution in [0, 0.1) is 0 Å². The third kappa shape index (κ3) is 2.33. The molecule has 0 aliphatic rings. The molecule has 0 N–H and O–H groups in total. The number of pyridine rings is 2. The van der Waals surface area contributed by atoms with E-state index < -0.39 is 0 Å². The second kappa shape index (κ2) is 5.16. The molecule has 1 atom stereocenters. The van der Waals surface area contributed by atoms with E-state index in [0.717, 1.165) is 22.3 Å². The Labute approximate surface area is 111 Å². The van der Waals surface area contributed by atoms with E-state index in [-0.39, 0.29) is 6.10 Å². The van der Waals surface area contributed by atoms with Gasteiger partial charge in [0.15, 0.2) is 0 Å². The van der Waals surface area contributed by atoms with Crippen molar-refractivity contribution in [2.45, 2.75) is 6.10 Å². The van der Waals surface area contributed by atoms with E-state index in [1.807, 2.05) is 42.5 Å². The van der Waals surface area contributed by atoms with Crippen LogP contribution in [-0.2, 0) is 4.74 Å². The van der Waals surface area contributed by atoms with Gasteiger partial charge in [-0.15, -0.1) is 0 Å². The second-order valence-corrected chi connectivity index (χ2v) is 4.30. The second-order valence-electron chi connectivity index (χ2n) is 4.30. The summed E-state index contributed by atoms with van der Waals surface area (Å²) in [6.07, 6.45) is 1.54. The van der Waals surface area contributed by atoms with Crippen molar-refractivity contribution in [1.82, 2.24) is 9.97 Å². The maximum Gasteiger partial charge on any atom is 0.141 e. The molecule has 3 rings (SSSR count). The van der Waals surface area contributed by atoms with Crippen molar-refractivity contribution in [3.8, 4) is 0 Å². The minimum Gasteiger partial charge on any atom is -0.369 e. The number of ether oxygens (including phenoxy) is 1. The Morgan fingerprint density at radius 3 is 2.53 bits per heavy atom. The molecule has 1 unspecified atom stereocenters. The quantitative estimate of drug-likeness (QED) is 0.715. The third-order valence-corrected chi connectivity index (χ3v) is 3.08. The Hall–Kier alpha value is -2.26. The lowest BCUT2D eigenvalue weighted by Gasteiger charge is -2.14. The Morgan fingerprint density at radius 1 is 0.895 bits per heavy atom. The fraction of sp³-hybridized carbons (Fsp3) is 0.125. The van der Waals surface area contributed by atoms with Crippen LogP contribution in [0.4, 0.5) is 0 Å². The van der Waals surface area contributed by atoms with Gasteiger partial charge in [-0.05, 0) is 24.3 Å². The van der Waals surface area contributed by atoms with Gasteiger partial charge in [0.1, 0.15) is 6.10 Å². The van der Waals surface area contributed by atoms with Gasteiger partial charge in [-0.2, -0.15) is 0 Å². The summed E-state index contributed by atoms with van der Waals surface area (Å²) >= 11 is 0. The van der Waals surface area contributed by atoms with Gasteiger partial charge in [-0.25, -0.2) is 4.98 Å². The number of rotatable bonds is 3. The molecule has 0 spiro atoms. The van der Waals surface area contributed by atoms with Gasteiger partial charge >= 0.3 is 0 Å². The average Bonchev–Trinajstić information content (AvgIpc) is 2.49. The van der Waals surface area contributed by atoms with Crippen LogP contribution < -0.4 is 0 Å². The van der Waals surface area contributed by atoms with E-state index in [1.54, 1.807) is 13.3 Å². The summed E-state index contributed by atoms with van der Waals surface area (Å²) in [4.78, 5) is 9.00. The SMILES string of the molecule is COC(c1ccccn1)c1ccc2ccccc2n1. The lowest BCUT2D eigenvalue weighted by Crippen LogP contribution is -2.07. The van der Waals surface area contributed by atoms with Crippen LogP contribution in [0.3, 0.4) is 0 Å². The zero-order chi connectivity index (χ0) is 13.1. The zero-order valence-electron chi connectivity index (χ0n) is 10.7. The van der Waals surface area contributed by atoms with Crippen molar-refractivity contribution in [3.63, 3.8) is 0 Å². The zero-order valence-corrected chi connectivity index (χ0v) is 10.7. The van der Waals surface area contributed by atoms with Gasteiger partial charge in [-0.1, -0.05) is 30.3 Å². The Kier molecular flexibility index (Phi) is 3.21. The molecule has 3 nitrogen and oxygen atoms in total. The van der Waals surface area contributed by atoms with Gasteiger partial charge < -0.3 is 4.74 Å². The van der Waals surface area contributed by atoms with Gasteiger partial charge in [0.05, 0.1) is 16.9 Å². The fourth-order valence-corrected chi connectivity index (χ4v) is 2.15.